The summed E-state index contributed by atoms with van der Waals surface area (Å²) in [5, 5.41) is 0. The van der Waals surface area contributed by atoms with Gasteiger partial charge in [-0.3, -0.25) is 0 Å². The van der Waals surface area contributed by atoms with Crippen molar-refractivity contribution >= 4 is 11.4 Å². The molecule has 104 valence electrons. The van der Waals surface area contributed by atoms with Gasteiger partial charge >= 0.3 is 0 Å². The fraction of sp³-hybridized carbons (Fsp3) is 0.333. The third kappa shape index (κ3) is 2.64. The normalized spacial score (nSPS) is 16.4. The Morgan fingerprint density at radius 2 is 1.60 bits per heavy atom. The third-order valence-electron chi connectivity index (χ3n) is 4.32. The van der Waals surface area contributed by atoms with Crippen LogP contribution in [0.1, 0.15) is 29.9 Å². The first kappa shape index (κ1) is 13.0. The van der Waals surface area contributed by atoms with Gasteiger partial charge in [0.15, 0.2) is 0 Å². The molecule has 2 nitrogen and oxygen atoms in total. The zero-order chi connectivity index (χ0) is 13.9. The number of hydrogen-bond acceptors (Lipinski definition) is 2. The van der Waals surface area contributed by atoms with Crippen LogP contribution in [0.2, 0.25) is 0 Å². The maximum atomic E-state index is 6.07. The van der Waals surface area contributed by atoms with Crippen molar-refractivity contribution in [2.24, 2.45) is 0 Å². The number of nitrogens with zero attached hydrogens (tertiary/aromatic N) is 1. The summed E-state index contributed by atoms with van der Waals surface area (Å²) in [6.07, 6.45) is 2.41. The fourth-order valence-corrected chi connectivity index (χ4v) is 3.07. The van der Waals surface area contributed by atoms with Crippen LogP contribution in [0.5, 0.6) is 0 Å². The monoisotopic (exact) mass is 266 g/mol. The van der Waals surface area contributed by atoms with E-state index >= 15 is 0 Å². The third-order valence-corrected chi connectivity index (χ3v) is 4.32. The summed E-state index contributed by atoms with van der Waals surface area (Å²) in [6, 6.07) is 17.2. The minimum absolute atomic E-state index is 0.691. The second-order valence-corrected chi connectivity index (χ2v) is 5.73. The van der Waals surface area contributed by atoms with Crippen LogP contribution >= 0.6 is 0 Å². The summed E-state index contributed by atoms with van der Waals surface area (Å²) in [5.74, 6) is 0.691. The van der Waals surface area contributed by atoms with E-state index in [1.807, 2.05) is 12.1 Å². The van der Waals surface area contributed by atoms with Crippen molar-refractivity contribution in [1.29, 1.82) is 0 Å². The Labute approximate surface area is 121 Å². The van der Waals surface area contributed by atoms with Gasteiger partial charge in [-0.2, -0.15) is 0 Å². The van der Waals surface area contributed by atoms with Gasteiger partial charge in [-0.05, 0) is 43.4 Å². The Bertz CT molecular complexity index is 566. The zero-order valence-electron chi connectivity index (χ0n) is 12.0. The van der Waals surface area contributed by atoms with Gasteiger partial charge in [0.25, 0.3) is 0 Å². The van der Waals surface area contributed by atoms with Gasteiger partial charge in [-0.15, -0.1) is 0 Å². The van der Waals surface area contributed by atoms with Crippen molar-refractivity contribution in [3.05, 3.63) is 59.7 Å². The fourth-order valence-electron chi connectivity index (χ4n) is 3.07. The molecule has 1 heterocycles. The molecule has 1 fully saturated rings. The lowest BCUT2D eigenvalue weighted by molar-refractivity contribution is 0.506. The van der Waals surface area contributed by atoms with Gasteiger partial charge in [0.05, 0.1) is 11.4 Å². The van der Waals surface area contributed by atoms with Crippen LogP contribution in [-0.4, -0.2) is 13.1 Å². The SMILES string of the molecule is Cc1ccc(C2CCN(c3ccccc3N)CC2)cc1. The van der Waals surface area contributed by atoms with Crippen molar-refractivity contribution in [2.75, 3.05) is 23.7 Å². The van der Waals surface area contributed by atoms with Crippen molar-refractivity contribution in [3.63, 3.8) is 0 Å². The second-order valence-electron chi connectivity index (χ2n) is 5.73. The van der Waals surface area contributed by atoms with E-state index in [4.69, 9.17) is 5.73 Å². The number of para-hydroxylation sites is 2. The molecule has 2 heteroatoms. The van der Waals surface area contributed by atoms with E-state index < -0.39 is 0 Å². The zero-order valence-corrected chi connectivity index (χ0v) is 12.0. The molecule has 0 atom stereocenters. The molecule has 1 aliphatic heterocycles. The minimum atomic E-state index is 0.691. The Balaban J connectivity index is 1.68. The highest BCUT2D eigenvalue weighted by Gasteiger charge is 2.21. The molecular formula is C18H22N2. The van der Waals surface area contributed by atoms with Gasteiger partial charge in [0, 0.05) is 13.1 Å². The lowest BCUT2D eigenvalue weighted by Crippen LogP contribution is -2.33. The molecule has 1 aliphatic rings. The molecule has 0 amide bonds. The molecule has 0 spiro atoms. The first-order chi connectivity index (χ1) is 9.74. The molecule has 0 bridgehead atoms. The number of piperidine rings is 1. The Morgan fingerprint density at radius 3 is 2.25 bits per heavy atom. The van der Waals surface area contributed by atoms with Crippen LogP contribution in [0.25, 0.3) is 0 Å². The average molecular weight is 266 g/mol. The van der Waals surface area contributed by atoms with Gasteiger partial charge < -0.3 is 10.6 Å². The summed E-state index contributed by atoms with van der Waals surface area (Å²) in [5.41, 5.74) is 11.0. The number of benzene rings is 2. The quantitative estimate of drug-likeness (QED) is 0.834. The number of hydrogen-bond donors (Lipinski definition) is 1. The number of anilines is 2. The molecule has 1 saturated heterocycles. The molecular weight excluding hydrogens is 244 g/mol. The van der Waals surface area contributed by atoms with Gasteiger partial charge in [0.2, 0.25) is 0 Å². The molecule has 0 saturated carbocycles. The van der Waals surface area contributed by atoms with Crippen molar-refractivity contribution in [2.45, 2.75) is 25.7 Å². The topological polar surface area (TPSA) is 29.3 Å². The second kappa shape index (κ2) is 5.58. The maximum absolute atomic E-state index is 6.07. The Hall–Kier alpha value is -1.96. The Kier molecular flexibility index (Phi) is 3.64. The smallest absolute Gasteiger partial charge is 0.0599 e. The van der Waals surface area contributed by atoms with Crippen LogP contribution < -0.4 is 10.6 Å². The van der Waals surface area contributed by atoms with Crippen LogP contribution in [0.4, 0.5) is 11.4 Å². The van der Waals surface area contributed by atoms with Gasteiger partial charge in [-0.25, -0.2) is 0 Å². The van der Waals surface area contributed by atoms with Crippen LogP contribution in [0.3, 0.4) is 0 Å². The first-order valence-corrected chi connectivity index (χ1v) is 7.40. The van der Waals surface area contributed by atoms with Crippen LogP contribution in [0, 0.1) is 6.92 Å². The van der Waals surface area contributed by atoms with E-state index in [9.17, 15) is 0 Å². The predicted octanol–water partition coefficient (Wildman–Crippen LogP) is 3.96. The lowest BCUT2D eigenvalue weighted by Gasteiger charge is -2.34. The van der Waals surface area contributed by atoms with E-state index in [0.717, 1.165) is 18.8 Å². The summed E-state index contributed by atoms with van der Waals surface area (Å²) in [7, 11) is 0. The number of aryl methyl sites for hydroxylation is 1. The highest BCUT2D eigenvalue weighted by Crippen LogP contribution is 2.32. The predicted molar refractivity (Wildman–Crippen MR) is 86.2 cm³/mol. The van der Waals surface area contributed by atoms with Crippen molar-refractivity contribution < 1.29 is 0 Å². The number of nitrogens with two attached hydrogens (primary N) is 1. The first-order valence-electron chi connectivity index (χ1n) is 7.40. The number of rotatable bonds is 2. The molecule has 2 N–H and O–H groups in total. The van der Waals surface area contributed by atoms with Crippen molar-refractivity contribution in [1.82, 2.24) is 0 Å². The molecule has 0 aromatic heterocycles. The van der Waals surface area contributed by atoms with Crippen LogP contribution in [0.15, 0.2) is 48.5 Å². The Morgan fingerprint density at radius 1 is 0.950 bits per heavy atom. The highest BCUT2D eigenvalue weighted by atomic mass is 15.1. The summed E-state index contributed by atoms with van der Waals surface area (Å²) < 4.78 is 0. The summed E-state index contributed by atoms with van der Waals surface area (Å²) >= 11 is 0. The average Bonchev–Trinajstić information content (AvgIpc) is 2.49. The highest BCUT2D eigenvalue weighted by molar-refractivity contribution is 5.67. The molecule has 20 heavy (non-hydrogen) atoms. The minimum Gasteiger partial charge on any atom is -0.397 e. The van der Waals surface area contributed by atoms with Gasteiger partial charge in [0.1, 0.15) is 0 Å². The largest absolute Gasteiger partial charge is 0.397 e. The summed E-state index contributed by atoms with van der Waals surface area (Å²) in [4.78, 5) is 2.42. The van der Waals surface area contributed by atoms with E-state index in [1.165, 1.54) is 29.7 Å². The molecule has 2 aromatic carbocycles. The molecule has 0 unspecified atom stereocenters. The summed E-state index contributed by atoms with van der Waals surface area (Å²) in [6.45, 7) is 4.32. The van der Waals surface area contributed by atoms with E-state index in [-0.39, 0.29) is 0 Å². The van der Waals surface area contributed by atoms with Crippen LogP contribution in [-0.2, 0) is 0 Å². The molecule has 3 rings (SSSR count). The standard InChI is InChI=1S/C18H22N2/c1-14-6-8-15(9-7-14)16-10-12-20(13-11-16)18-5-3-2-4-17(18)19/h2-9,16H,10-13,19H2,1H3. The maximum Gasteiger partial charge on any atom is 0.0599 e. The van der Waals surface area contributed by atoms with E-state index in [1.54, 1.807) is 0 Å². The lowest BCUT2D eigenvalue weighted by atomic mass is 9.89. The van der Waals surface area contributed by atoms with E-state index in [2.05, 4.69) is 48.2 Å². The molecule has 0 radical (unpaired) electrons. The number of nitrogen functional groups attached to an aromatic ring is 1. The molecule has 2 aromatic rings. The van der Waals surface area contributed by atoms with Crippen molar-refractivity contribution in [3.8, 4) is 0 Å². The van der Waals surface area contributed by atoms with Gasteiger partial charge in [-0.1, -0.05) is 42.0 Å². The molecule has 0 aliphatic carbocycles. The van der Waals surface area contributed by atoms with E-state index in [0.29, 0.717) is 5.92 Å².